The van der Waals surface area contributed by atoms with Crippen LogP contribution in [0.1, 0.15) is 67.7 Å². The molecule has 0 nitrogen and oxygen atoms in total. The summed E-state index contributed by atoms with van der Waals surface area (Å²) >= 11 is 0. The first-order valence-corrected chi connectivity index (χ1v) is 7.22. The molecular weight excluding hydrogens is 204 g/mol. The lowest BCUT2D eigenvalue weighted by atomic mass is 9.94. The van der Waals surface area contributed by atoms with E-state index in [1.165, 1.54) is 61.6 Å². The van der Waals surface area contributed by atoms with Gasteiger partial charge < -0.3 is 0 Å². The first-order valence-electron chi connectivity index (χ1n) is 7.22. The van der Waals surface area contributed by atoms with Crippen molar-refractivity contribution in [3.05, 3.63) is 34.4 Å². The van der Waals surface area contributed by atoms with Gasteiger partial charge in [0.25, 0.3) is 0 Å². The maximum Gasteiger partial charge on any atom is -0.0274 e. The molecule has 0 bridgehead atoms. The first-order chi connectivity index (χ1) is 8.16. The van der Waals surface area contributed by atoms with Gasteiger partial charge in [0.2, 0.25) is 0 Å². The molecular formula is C17H28. The Hall–Kier alpha value is -0.780. The Labute approximate surface area is 107 Å². The maximum atomic E-state index is 2.28. The fourth-order valence-corrected chi connectivity index (χ4v) is 2.48. The third-order valence-electron chi connectivity index (χ3n) is 3.88. The van der Waals surface area contributed by atoms with Crippen molar-refractivity contribution in [3.63, 3.8) is 0 Å². The van der Waals surface area contributed by atoms with Crippen molar-refractivity contribution >= 4 is 0 Å². The van der Waals surface area contributed by atoms with Gasteiger partial charge in [-0.15, -0.1) is 0 Å². The Morgan fingerprint density at radius 3 is 2.06 bits per heavy atom. The number of unbranched alkanes of at least 4 members (excludes halogenated alkanes) is 5. The molecule has 0 heteroatoms. The highest BCUT2D eigenvalue weighted by Crippen LogP contribution is 2.20. The molecule has 0 saturated carbocycles. The van der Waals surface area contributed by atoms with Crippen LogP contribution < -0.4 is 0 Å². The average Bonchev–Trinajstić information content (AvgIpc) is 2.32. The number of hydrogen-bond acceptors (Lipinski definition) is 0. The lowest BCUT2D eigenvalue weighted by molar-refractivity contribution is 0.606. The van der Waals surface area contributed by atoms with Crippen molar-refractivity contribution in [2.45, 2.75) is 72.6 Å². The second-order valence-corrected chi connectivity index (χ2v) is 5.32. The van der Waals surface area contributed by atoms with Crippen LogP contribution in [0.25, 0.3) is 0 Å². The number of rotatable bonds is 7. The van der Waals surface area contributed by atoms with E-state index < -0.39 is 0 Å². The van der Waals surface area contributed by atoms with Crippen LogP contribution in [0.15, 0.2) is 12.1 Å². The molecule has 0 aliphatic heterocycles. The van der Waals surface area contributed by atoms with Crippen molar-refractivity contribution in [2.24, 2.45) is 0 Å². The molecule has 1 aromatic carbocycles. The summed E-state index contributed by atoms with van der Waals surface area (Å²) in [6, 6.07) is 4.52. The minimum Gasteiger partial charge on any atom is -0.0654 e. The summed E-state index contributed by atoms with van der Waals surface area (Å²) in [5.41, 5.74) is 6.03. The lowest BCUT2D eigenvalue weighted by Crippen LogP contribution is -1.96. The fourth-order valence-electron chi connectivity index (χ4n) is 2.48. The molecule has 0 saturated heterocycles. The van der Waals surface area contributed by atoms with E-state index >= 15 is 0 Å². The molecule has 0 spiro atoms. The fraction of sp³-hybridized carbons (Fsp3) is 0.647. The largest absolute Gasteiger partial charge is 0.0654 e. The summed E-state index contributed by atoms with van der Waals surface area (Å²) in [5.74, 6) is 0. The van der Waals surface area contributed by atoms with Crippen LogP contribution in [-0.4, -0.2) is 0 Å². The summed E-state index contributed by atoms with van der Waals surface area (Å²) in [7, 11) is 0. The second kappa shape index (κ2) is 7.53. The highest BCUT2D eigenvalue weighted by atomic mass is 14.1. The maximum absolute atomic E-state index is 2.28. The van der Waals surface area contributed by atoms with Crippen LogP contribution in [0.5, 0.6) is 0 Å². The number of benzene rings is 1. The summed E-state index contributed by atoms with van der Waals surface area (Å²) < 4.78 is 0. The van der Waals surface area contributed by atoms with E-state index in [0.29, 0.717) is 0 Å². The van der Waals surface area contributed by atoms with E-state index in [4.69, 9.17) is 0 Å². The third-order valence-corrected chi connectivity index (χ3v) is 3.88. The van der Waals surface area contributed by atoms with Gasteiger partial charge in [-0.1, -0.05) is 51.2 Å². The van der Waals surface area contributed by atoms with Gasteiger partial charge in [0.15, 0.2) is 0 Å². The Morgan fingerprint density at radius 1 is 0.765 bits per heavy atom. The zero-order valence-corrected chi connectivity index (χ0v) is 12.1. The minimum atomic E-state index is 1.27. The first kappa shape index (κ1) is 14.3. The molecule has 0 atom stereocenters. The number of hydrogen-bond donors (Lipinski definition) is 0. The Morgan fingerprint density at radius 2 is 1.35 bits per heavy atom. The highest BCUT2D eigenvalue weighted by Gasteiger charge is 2.04. The van der Waals surface area contributed by atoms with E-state index in [0.717, 1.165) is 0 Å². The molecule has 0 radical (unpaired) electrons. The van der Waals surface area contributed by atoms with Crippen molar-refractivity contribution < 1.29 is 0 Å². The van der Waals surface area contributed by atoms with Gasteiger partial charge in [0.05, 0.1) is 0 Å². The molecule has 0 amide bonds. The van der Waals surface area contributed by atoms with E-state index in [1.54, 1.807) is 5.56 Å². The molecule has 0 aliphatic carbocycles. The summed E-state index contributed by atoms with van der Waals surface area (Å²) in [6.07, 6.45) is 9.60. The smallest absolute Gasteiger partial charge is 0.0274 e. The van der Waals surface area contributed by atoms with Crippen molar-refractivity contribution in [1.29, 1.82) is 0 Å². The van der Waals surface area contributed by atoms with Gasteiger partial charge in [0, 0.05) is 0 Å². The predicted octanol–water partition coefficient (Wildman–Crippen LogP) is 5.51. The second-order valence-electron chi connectivity index (χ2n) is 5.32. The lowest BCUT2D eigenvalue weighted by Gasteiger charge is -2.12. The molecule has 0 N–H and O–H groups in total. The highest BCUT2D eigenvalue weighted by molar-refractivity contribution is 5.39. The molecule has 0 aliphatic rings. The molecule has 96 valence electrons. The van der Waals surface area contributed by atoms with Crippen LogP contribution in [-0.2, 0) is 6.42 Å². The topological polar surface area (TPSA) is 0 Å². The molecule has 17 heavy (non-hydrogen) atoms. The zero-order valence-electron chi connectivity index (χ0n) is 12.1. The molecule has 0 unspecified atom stereocenters. The molecule has 1 rings (SSSR count). The van der Waals surface area contributed by atoms with Gasteiger partial charge in [-0.2, -0.15) is 0 Å². The van der Waals surface area contributed by atoms with E-state index in [9.17, 15) is 0 Å². The normalized spacial score (nSPS) is 10.8. The standard InChI is InChI=1S/C17H28/c1-5-6-7-8-9-10-11-17-15(3)13-12-14(2)16(17)4/h12-13H,5-11H2,1-4H3. The van der Waals surface area contributed by atoms with Crippen LogP contribution >= 0.6 is 0 Å². The molecule has 1 aromatic rings. The van der Waals surface area contributed by atoms with Crippen molar-refractivity contribution in [3.8, 4) is 0 Å². The Kier molecular flexibility index (Phi) is 6.32. The van der Waals surface area contributed by atoms with E-state index in [2.05, 4.69) is 39.8 Å². The average molecular weight is 232 g/mol. The van der Waals surface area contributed by atoms with Crippen molar-refractivity contribution in [1.82, 2.24) is 0 Å². The van der Waals surface area contributed by atoms with Crippen LogP contribution in [0.2, 0.25) is 0 Å². The zero-order chi connectivity index (χ0) is 12.7. The van der Waals surface area contributed by atoms with Gasteiger partial charge in [-0.3, -0.25) is 0 Å². The Bertz CT molecular complexity index is 336. The van der Waals surface area contributed by atoms with Crippen LogP contribution in [0, 0.1) is 20.8 Å². The quantitative estimate of drug-likeness (QED) is 0.543. The minimum absolute atomic E-state index is 1.27. The van der Waals surface area contributed by atoms with Crippen LogP contribution in [0.4, 0.5) is 0 Å². The van der Waals surface area contributed by atoms with E-state index in [-0.39, 0.29) is 0 Å². The summed E-state index contributed by atoms with van der Waals surface area (Å²) in [6.45, 7) is 9.02. The SMILES string of the molecule is CCCCCCCCc1c(C)ccc(C)c1C. The number of aryl methyl sites for hydroxylation is 2. The van der Waals surface area contributed by atoms with Gasteiger partial charge in [0.1, 0.15) is 0 Å². The molecule has 0 fully saturated rings. The summed E-state index contributed by atoms with van der Waals surface area (Å²) in [4.78, 5) is 0. The predicted molar refractivity (Wildman–Crippen MR) is 77.7 cm³/mol. The van der Waals surface area contributed by atoms with Crippen LogP contribution in [0.3, 0.4) is 0 Å². The van der Waals surface area contributed by atoms with E-state index in [1.807, 2.05) is 0 Å². The third kappa shape index (κ3) is 4.53. The Balaban J connectivity index is 2.39. The van der Waals surface area contributed by atoms with Crippen molar-refractivity contribution in [2.75, 3.05) is 0 Å². The molecule has 0 aromatic heterocycles. The summed E-state index contributed by atoms with van der Waals surface area (Å²) in [5, 5.41) is 0. The van der Waals surface area contributed by atoms with Gasteiger partial charge >= 0.3 is 0 Å². The molecule has 0 heterocycles. The van der Waals surface area contributed by atoms with Gasteiger partial charge in [-0.25, -0.2) is 0 Å². The van der Waals surface area contributed by atoms with Gasteiger partial charge in [-0.05, 0) is 55.9 Å². The monoisotopic (exact) mass is 232 g/mol.